The Hall–Kier alpha value is -4.14. The van der Waals surface area contributed by atoms with Crippen molar-refractivity contribution in [1.29, 1.82) is 0 Å². The first-order chi connectivity index (χ1) is 18.6. The number of aromatic nitrogens is 5. The van der Waals surface area contributed by atoms with Crippen molar-refractivity contribution in [2.45, 2.75) is 25.9 Å². The van der Waals surface area contributed by atoms with Crippen molar-refractivity contribution in [3.8, 4) is 22.4 Å². The number of nitrogens with zero attached hydrogens (tertiary/aromatic N) is 5. The van der Waals surface area contributed by atoms with E-state index in [1.165, 1.54) is 0 Å². The van der Waals surface area contributed by atoms with Crippen molar-refractivity contribution in [3.63, 3.8) is 0 Å². The number of aryl methyl sites for hydroxylation is 1. The molecule has 5 heterocycles. The van der Waals surface area contributed by atoms with E-state index in [9.17, 15) is 4.79 Å². The molecule has 0 spiro atoms. The molecule has 1 aliphatic rings. The number of ether oxygens (including phenoxy) is 1. The Morgan fingerprint density at radius 3 is 2.71 bits per heavy atom. The van der Waals surface area contributed by atoms with E-state index in [0.29, 0.717) is 41.0 Å². The van der Waals surface area contributed by atoms with Gasteiger partial charge in [0.15, 0.2) is 0 Å². The lowest BCUT2D eigenvalue weighted by Gasteiger charge is -2.15. The topological polar surface area (TPSA) is 94.8 Å². The predicted molar refractivity (Wildman–Crippen MR) is 148 cm³/mol. The molecule has 1 atom stereocenters. The molecule has 1 aromatic carbocycles. The summed E-state index contributed by atoms with van der Waals surface area (Å²) in [6.07, 6.45) is 6.09. The molecule has 190 valence electrons. The monoisotopic (exact) mass is 524 g/mol. The molecule has 0 bridgehead atoms. The zero-order valence-corrected chi connectivity index (χ0v) is 21.5. The molecule has 8 nitrogen and oxygen atoms in total. The van der Waals surface area contributed by atoms with Gasteiger partial charge in [-0.15, -0.1) is 0 Å². The second-order valence-corrected chi connectivity index (χ2v) is 9.72. The summed E-state index contributed by atoms with van der Waals surface area (Å²) in [5.74, 6) is 0.461. The molecule has 0 unspecified atom stereocenters. The third-order valence-corrected chi connectivity index (χ3v) is 6.99. The Labute approximate surface area is 224 Å². The van der Waals surface area contributed by atoms with Crippen LogP contribution in [-0.4, -0.2) is 43.8 Å². The van der Waals surface area contributed by atoms with E-state index in [-0.39, 0.29) is 18.1 Å². The summed E-state index contributed by atoms with van der Waals surface area (Å²) in [5, 5.41) is 4.51. The lowest BCUT2D eigenvalue weighted by atomic mass is 10.0. The van der Waals surface area contributed by atoms with Gasteiger partial charge in [-0.2, -0.15) is 4.98 Å². The molecule has 0 saturated carbocycles. The van der Waals surface area contributed by atoms with E-state index >= 15 is 0 Å². The highest BCUT2D eigenvalue weighted by molar-refractivity contribution is 6.33. The summed E-state index contributed by atoms with van der Waals surface area (Å²) >= 11 is 6.78. The molecular formula is C29H25ClN6O2. The van der Waals surface area contributed by atoms with Gasteiger partial charge in [-0.25, -0.2) is 4.98 Å². The van der Waals surface area contributed by atoms with E-state index in [1.54, 1.807) is 23.2 Å². The van der Waals surface area contributed by atoms with Crippen LogP contribution < -0.4 is 10.9 Å². The third-order valence-electron chi connectivity index (χ3n) is 6.68. The van der Waals surface area contributed by atoms with Gasteiger partial charge in [-0.3, -0.25) is 19.3 Å². The van der Waals surface area contributed by atoms with Crippen molar-refractivity contribution < 1.29 is 4.74 Å². The molecule has 6 rings (SSSR count). The minimum absolute atomic E-state index is 0.141. The normalized spacial score (nSPS) is 15.2. The summed E-state index contributed by atoms with van der Waals surface area (Å²) in [5.41, 5.74) is 4.96. The van der Waals surface area contributed by atoms with E-state index in [4.69, 9.17) is 21.3 Å². The summed E-state index contributed by atoms with van der Waals surface area (Å²) in [6, 6.07) is 17.2. The lowest BCUT2D eigenvalue weighted by Crippen LogP contribution is -2.25. The van der Waals surface area contributed by atoms with Crippen LogP contribution in [0.25, 0.3) is 33.4 Å². The maximum Gasteiger partial charge on any atom is 0.260 e. The molecule has 0 aliphatic carbocycles. The number of fused-ring (bicyclic) bond motifs is 1. The second kappa shape index (κ2) is 10.3. The van der Waals surface area contributed by atoms with Crippen LogP contribution in [-0.2, 0) is 11.3 Å². The fourth-order valence-corrected chi connectivity index (χ4v) is 5.00. The number of anilines is 1. The van der Waals surface area contributed by atoms with E-state index < -0.39 is 0 Å². The predicted octanol–water partition coefficient (Wildman–Crippen LogP) is 5.13. The standard InChI is InChI=1S/C29H25ClN6O2/c1-18-5-4-11-32-26(18)19-7-8-23(25(30)14-19)24-13-20-15-33-29(34-22-9-12-38-17-22)35-27(20)36(28(24)37)16-21-6-2-3-10-31-21/h2-8,10-11,13-15,22H,9,12,16-17H2,1H3,(H,33,34,35)/t22-/m0/s1. The highest BCUT2D eigenvalue weighted by atomic mass is 35.5. The van der Waals surface area contributed by atoms with Gasteiger partial charge >= 0.3 is 0 Å². The minimum atomic E-state index is -0.208. The molecule has 5 aromatic rings. The smallest absolute Gasteiger partial charge is 0.260 e. The SMILES string of the molecule is Cc1cccnc1-c1ccc(-c2cc3cnc(N[C@H]4CCOC4)nc3n(Cc3ccccn3)c2=O)c(Cl)c1. The van der Waals surface area contributed by atoms with Crippen LogP contribution in [0.15, 0.2) is 78.0 Å². The maximum absolute atomic E-state index is 14.0. The number of halogens is 1. The van der Waals surface area contributed by atoms with Crippen LogP contribution >= 0.6 is 11.6 Å². The molecule has 9 heteroatoms. The Kier molecular flexibility index (Phi) is 6.57. The number of hydrogen-bond donors (Lipinski definition) is 1. The summed E-state index contributed by atoms with van der Waals surface area (Å²) in [4.78, 5) is 32.1. The maximum atomic E-state index is 14.0. The van der Waals surface area contributed by atoms with Crippen LogP contribution in [0.2, 0.25) is 5.02 Å². The molecule has 38 heavy (non-hydrogen) atoms. The molecule has 1 N–H and O–H groups in total. The van der Waals surface area contributed by atoms with Gasteiger partial charge in [0.1, 0.15) is 5.65 Å². The van der Waals surface area contributed by atoms with E-state index in [1.807, 2.05) is 61.5 Å². The van der Waals surface area contributed by atoms with Crippen LogP contribution in [0, 0.1) is 6.92 Å². The number of hydrogen-bond acceptors (Lipinski definition) is 7. The molecule has 1 fully saturated rings. The fraction of sp³-hybridized carbons (Fsp3) is 0.207. The highest BCUT2D eigenvalue weighted by Gasteiger charge is 2.19. The van der Waals surface area contributed by atoms with Gasteiger partial charge in [0, 0.05) is 52.3 Å². The largest absolute Gasteiger partial charge is 0.379 e. The first-order valence-electron chi connectivity index (χ1n) is 12.4. The van der Waals surface area contributed by atoms with Crippen LogP contribution in [0.1, 0.15) is 17.7 Å². The summed E-state index contributed by atoms with van der Waals surface area (Å²) in [7, 11) is 0. The summed E-state index contributed by atoms with van der Waals surface area (Å²) in [6.45, 7) is 3.58. The molecule has 1 aliphatic heterocycles. The van der Waals surface area contributed by atoms with Crippen molar-refractivity contribution in [2.75, 3.05) is 18.5 Å². The zero-order valence-electron chi connectivity index (χ0n) is 20.8. The third kappa shape index (κ3) is 4.76. The molecule has 1 saturated heterocycles. The first kappa shape index (κ1) is 24.2. The van der Waals surface area contributed by atoms with Crippen molar-refractivity contribution in [3.05, 3.63) is 99.8 Å². The molecular weight excluding hydrogens is 500 g/mol. The Morgan fingerprint density at radius 2 is 1.95 bits per heavy atom. The second-order valence-electron chi connectivity index (χ2n) is 9.31. The van der Waals surface area contributed by atoms with E-state index in [0.717, 1.165) is 34.3 Å². The average molecular weight is 525 g/mol. The first-order valence-corrected chi connectivity index (χ1v) is 12.8. The number of pyridine rings is 3. The lowest BCUT2D eigenvalue weighted by molar-refractivity contribution is 0.195. The number of nitrogens with one attached hydrogen (secondary N) is 1. The minimum Gasteiger partial charge on any atom is -0.379 e. The van der Waals surface area contributed by atoms with Crippen LogP contribution in [0.3, 0.4) is 0 Å². The van der Waals surface area contributed by atoms with Crippen LogP contribution in [0.4, 0.5) is 5.95 Å². The van der Waals surface area contributed by atoms with Gasteiger partial charge in [0.05, 0.1) is 30.6 Å². The van der Waals surface area contributed by atoms with Gasteiger partial charge in [0.25, 0.3) is 5.56 Å². The Morgan fingerprint density at radius 1 is 1.05 bits per heavy atom. The van der Waals surface area contributed by atoms with Crippen molar-refractivity contribution >= 4 is 28.6 Å². The number of benzene rings is 1. The molecule has 4 aromatic heterocycles. The average Bonchev–Trinajstić information content (AvgIpc) is 3.44. The van der Waals surface area contributed by atoms with Crippen molar-refractivity contribution in [1.82, 2.24) is 24.5 Å². The highest BCUT2D eigenvalue weighted by Crippen LogP contribution is 2.32. The van der Waals surface area contributed by atoms with Gasteiger partial charge in [-0.05, 0) is 49.2 Å². The summed E-state index contributed by atoms with van der Waals surface area (Å²) < 4.78 is 7.10. The van der Waals surface area contributed by atoms with Crippen LogP contribution in [0.5, 0.6) is 0 Å². The van der Waals surface area contributed by atoms with E-state index in [2.05, 4.69) is 20.3 Å². The Balaban J connectivity index is 1.47. The molecule has 0 amide bonds. The van der Waals surface area contributed by atoms with Gasteiger partial charge in [-0.1, -0.05) is 35.9 Å². The number of rotatable bonds is 6. The van der Waals surface area contributed by atoms with Gasteiger partial charge < -0.3 is 10.1 Å². The molecule has 0 radical (unpaired) electrons. The van der Waals surface area contributed by atoms with Gasteiger partial charge in [0.2, 0.25) is 5.95 Å². The van der Waals surface area contributed by atoms with Crippen molar-refractivity contribution in [2.24, 2.45) is 0 Å². The fourth-order valence-electron chi connectivity index (χ4n) is 4.72. The Bertz CT molecular complexity index is 1680. The zero-order chi connectivity index (χ0) is 26.1. The quantitative estimate of drug-likeness (QED) is 0.329.